The molecule has 0 amide bonds. The van der Waals surface area contributed by atoms with E-state index in [9.17, 15) is 5.11 Å². The molecule has 94 valence electrons. The Hall–Kier alpha value is -0.120. The van der Waals surface area contributed by atoms with Crippen LogP contribution in [0.15, 0.2) is 0 Å². The van der Waals surface area contributed by atoms with Gasteiger partial charge in [0.1, 0.15) is 0 Å². The highest BCUT2D eigenvalue weighted by molar-refractivity contribution is 4.92. The lowest BCUT2D eigenvalue weighted by atomic mass is 10.1. The van der Waals surface area contributed by atoms with Crippen molar-refractivity contribution in [3.63, 3.8) is 0 Å². The molecule has 1 atom stereocenters. The Morgan fingerprint density at radius 1 is 1.25 bits per heavy atom. The second-order valence-electron chi connectivity index (χ2n) is 5.80. The third kappa shape index (κ3) is 3.72. The molecule has 3 nitrogen and oxygen atoms in total. The average molecular weight is 227 g/mol. The summed E-state index contributed by atoms with van der Waals surface area (Å²) in [6.07, 6.45) is 7.88. The summed E-state index contributed by atoms with van der Waals surface area (Å²) in [6.45, 7) is 3.73. The lowest BCUT2D eigenvalue weighted by Crippen LogP contribution is -2.50. The molecular formula is C13H25NO2. The van der Waals surface area contributed by atoms with E-state index in [0.717, 1.165) is 12.5 Å². The van der Waals surface area contributed by atoms with Gasteiger partial charge in [0.15, 0.2) is 0 Å². The van der Waals surface area contributed by atoms with Crippen molar-refractivity contribution in [1.82, 2.24) is 5.32 Å². The van der Waals surface area contributed by atoms with E-state index in [1.807, 2.05) is 0 Å². The first kappa shape index (κ1) is 12.3. The Morgan fingerprint density at radius 2 is 1.94 bits per heavy atom. The topological polar surface area (TPSA) is 41.5 Å². The minimum absolute atomic E-state index is 0.161. The zero-order valence-electron chi connectivity index (χ0n) is 10.4. The van der Waals surface area contributed by atoms with Gasteiger partial charge in [-0.15, -0.1) is 0 Å². The molecule has 0 aromatic carbocycles. The van der Waals surface area contributed by atoms with Crippen molar-refractivity contribution in [1.29, 1.82) is 0 Å². The second-order valence-corrected chi connectivity index (χ2v) is 5.80. The minimum Gasteiger partial charge on any atom is -0.394 e. The molecule has 3 heteroatoms. The molecule has 0 saturated heterocycles. The summed E-state index contributed by atoms with van der Waals surface area (Å²) in [5.74, 6) is 0.767. The van der Waals surface area contributed by atoms with Gasteiger partial charge in [-0.1, -0.05) is 12.8 Å². The van der Waals surface area contributed by atoms with Crippen molar-refractivity contribution in [2.24, 2.45) is 5.92 Å². The molecule has 2 rings (SSSR count). The fourth-order valence-corrected chi connectivity index (χ4v) is 2.48. The van der Waals surface area contributed by atoms with Crippen LogP contribution >= 0.6 is 0 Å². The first-order valence-electron chi connectivity index (χ1n) is 6.68. The summed E-state index contributed by atoms with van der Waals surface area (Å²) >= 11 is 0. The van der Waals surface area contributed by atoms with Crippen molar-refractivity contribution in [2.45, 2.75) is 57.0 Å². The van der Waals surface area contributed by atoms with E-state index in [4.69, 9.17) is 4.74 Å². The smallest absolute Gasteiger partial charge is 0.0668 e. The third-order valence-electron chi connectivity index (χ3n) is 3.73. The molecule has 0 radical (unpaired) electrons. The predicted octanol–water partition coefficient (Wildman–Crippen LogP) is 1.70. The largest absolute Gasteiger partial charge is 0.394 e. The molecule has 2 saturated carbocycles. The molecule has 2 fully saturated rings. The molecule has 0 aromatic heterocycles. The maximum atomic E-state index is 9.41. The highest BCUT2D eigenvalue weighted by Crippen LogP contribution is 2.26. The second kappa shape index (κ2) is 5.48. The highest BCUT2D eigenvalue weighted by atomic mass is 16.5. The number of hydrogen-bond acceptors (Lipinski definition) is 3. The molecule has 2 N–H and O–H groups in total. The highest BCUT2D eigenvalue weighted by Gasteiger charge is 2.32. The standard InChI is InChI=1S/C13H25NO2/c1-13(9-15,14-12-6-7-12)10-16-8-11-4-2-3-5-11/h11-12,14-15H,2-10H2,1H3. The van der Waals surface area contributed by atoms with Gasteiger partial charge in [0, 0.05) is 12.6 Å². The summed E-state index contributed by atoms with van der Waals surface area (Å²) in [6, 6.07) is 0.618. The number of ether oxygens (including phenoxy) is 1. The molecule has 16 heavy (non-hydrogen) atoms. The van der Waals surface area contributed by atoms with Crippen LogP contribution in [0.2, 0.25) is 0 Å². The normalized spacial score (nSPS) is 25.9. The monoisotopic (exact) mass is 227 g/mol. The van der Waals surface area contributed by atoms with Gasteiger partial charge in [0.2, 0.25) is 0 Å². The maximum absolute atomic E-state index is 9.41. The van der Waals surface area contributed by atoms with Gasteiger partial charge in [-0.3, -0.25) is 0 Å². The summed E-state index contributed by atoms with van der Waals surface area (Å²) < 4.78 is 5.78. The molecular weight excluding hydrogens is 202 g/mol. The van der Waals surface area contributed by atoms with Gasteiger partial charge in [-0.2, -0.15) is 0 Å². The molecule has 0 spiro atoms. The third-order valence-corrected chi connectivity index (χ3v) is 3.73. The lowest BCUT2D eigenvalue weighted by Gasteiger charge is -2.29. The van der Waals surface area contributed by atoms with E-state index in [2.05, 4.69) is 12.2 Å². The number of rotatable bonds is 7. The maximum Gasteiger partial charge on any atom is 0.0668 e. The summed E-state index contributed by atoms with van der Waals surface area (Å²) in [7, 11) is 0. The Balaban J connectivity index is 1.64. The Labute approximate surface area is 98.6 Å². The number of nitrogens with one attached hydrogen (secondary N) is 1. The van der Waals surface area contributed by atoms with Crippen LogP contribution < -0.4 is 5.32 Å². The van der Waals surface area contributed by atoms with E-state index in [-0.39, 0.29) is 12.1 Å². The van der Waals surface area contributed by atoms with Crippen molar-refractivity contribution in [2.75, 3.05) is 19.8 Å². The van der Waals surface area contributed by atoms with Crippen LogP contribution in [0.4, 0.5) is 0 Å². The van der Waals surface area contributed by atoms with E-state index in [1.165, 1.54) is 38.5 Å². The van der Waals surface area contributed by atoms with Crippen molar-refractivity contribution in [3.05, 3.63) is 0 Å². The van der Waals surface area contributed by atoms with Crippen LogP contribution in [0.25, 0.3) is 0 Å². The SMILES string of the molecule is CC(CO)(COCC1CCCC1)NC1CC1. The molecule has 1 unspecified atom stereocenters. The van der Waals surface area contributed by atoms with Crippen LogP contribution in [0, 0.1) is 5.92 Å². The Kier molecular flexibility index (Phi) is 4.22. The predicted molar refractivity (Wildman–Crippen MR) is 64.4 cm³/mol. The quantitative estimate of drug-likeness (QED) is 0.695. The Bertz CT molecular complexity index is 212. The number of hydrogen-bond donors (Lipinski definition) is 2. The van der Waals surface area contributed by atoms with Crippen LogP contribution in [-0.2, 0) is 4.74 Å². The molecule has 0 aromatic rings. The van der Waals surface area contributed by atoms with Gasteiger partial charge in [-0.25, -0.2) is 0 Å². The number of aliphatic hydroxyl groups excluding tert-OH is 1. The van der Waals surface area contributed by atoms with E-state index < -0.39 is 0 Å². The first-order valence-corrected chi connectivity index (χ1v) is 6.68. The molecule has 0 heterocycles. The van der Waals surface area contributed by atoms with Gasteiger partial charge in [0.25, 0.3) is 0 Å². The van der Waals surface area contributed by atoms with Crippen molar-refractivity contribution >= 4 is 0 Å². The molecule has 2 aliphatic carbocycles. The van der Waals surface area contributed by atoms with Crippen molar-refractivity contribution in [3.8, 4) is 0 Å². The average Bonchev–Trinajstić information content (AvgIpc) is 2.92. The summed E-state index contributed by atoms with van der Waals surface area (Å²) in [5, 5.41) is 12.9. The summed E-state index contributed by atoms with van der Waals surface area (Å²) in [4.78, 5) is 0. The van der Waals surface area contributed by atoms with E-state index in [1.54, 1.807) is 0 Å². The zero-order chi connectivity index (χ0) is 11.4. The van der Waals surface area contributed by atoms with Crippen LogP contribution in [0.1, 0.15) is 45.4 Å². The fourth-order valence-electron chi connectivity index (χ4n) is 2.48. The van der Waals surface area contributed by atoms with Gasteiger partial charge >= 0.3 is 0 Å². The van der Waals surface area contributed by atoms with E-state index >= 15 is 0 Å². The fraction of sp³-hybridized carbons (Fsp3) is 1.00. The minimum atomic E-state index is -0.236. The van der Waals surface area contributed by atoms with E-state index in [0.29, 0.717) is 12.6 Å². The van der Waals surface area contributed by atoms with Gasteiger partial charge < -0.3 is 15.2 Å². The molecule has 0 bridgehead atoms. The number of aliphatic hydroxyl groups is 1. The van der Waals surface area contributed by atoms with Crippen LogP contribution in [0.3, 0.4) is 0 Å². The first-order chi connectivity index (χ1) is 7.72. The van der Waals surface area contributed by atoms with Gasteiger partial charge in [0.05, 0.1) is 18.8 Å². The van der Waals surface area contributed by atoms with Crippen LogP contribution in [0.5, 0.6) is 0 Å². The van der Waals surface area contributed by atoms with Gasteiger partial charge in [-0.05, 0) is 38.5 Å². The molecule has 2 aliphatic rings. The summed E-state index contributed by atoms with van der Waals surface area (Å²) in [5.41, 5.74) is -0.236. The molecule has 0 aliphatic heterocycles. The zero-order valence-corrected chi connectivity index (χ0v) is 10.4. The van der Waals surface area contributed by atoms with Crippen molar-refractivity contribution < 1.29 is 9.84 Å². The van der Waals surface area contributed by atoms with Crippen LogP contribution in [-0.4, -0.2) is 36.5 Å². The Morgan fingerprint density at radius 3 is 2.50 bits per heavy atom. The lowest BCUT2D eigenvalue weighted by molar-refractivity contribution is 0.0278.